The van der Waals surface area contributed by atoms with Crippen molar-refractivity contribution in [1.29, 1.82) is 0 Å². The van der Waals surface area contributed by atoms with E-state index in [1.54, 1.807) is 0 Å². The molecule has 3 rings (SSSR count). The highest BCUT2D eigenvalue weighted by Crippen LogP contribution is 2.27. The maximum atomic E-state index is 3.71. The van der Waals surface area contributed by atoms with Crippen LogP contribution in [0.2, 0.25) is 0 Å². The highest BCUT2D eigenvalue weighted by atomic mass is 15.2. The Hall–Kier alpha value is -0.860. The molecule has 2 nitrogen and oxygen atoms in total. The minimum absolute atomic E-state index is 0.664. The second-order valence-electron chi connectivity index (χ2n) is 6.19. The van der Waals surface area contributed by atoms with Crippen molar-refractivity contribution in [3.63, 3.8) is 0 Å². The summed E-state index contributed by atoms with van der Waals surface area (Å²) in [4.78, 5) is 2.76. The van der Waals surface area contributed by atoms with Gasteiger partial charge in [-0.15, -0.1) is 0 Å². The Morgan fingerprint density at radius 3 is 2.79 bits per heavy atom. The summed E-state index contributed by atoms with van der Waals surface area (Å²) in [6.07, 6.45) is 6.68. The second kappa shape index (κ2) is 6.06. The molecule has 1 N–H and O–H groups in total. The van der Waals surface area contributed by atoms with Gasteiger partial charge in [-0.3, -0.25) is 4.90 Å². The maximum absolute atomic E-state index is 3.71. The Morgan fingerprint density at radius 1 is 1.21 bits per heavy atom. The Balaban J connectivity index is 1.63. The van der Waals surface area contributed by atoms with Crippen molar-refractivity contribution < 1.29 is 0 Å². The third-order valence-corrected chi connectivity index (χ3v) is 4.85. The summed E-state index contributed by atoms with van der Waals surface area (Å²) in [5, 5.41) is 3.71. The number of hydrogen-bond acceptors (Lipinski definition) is 2. The van der Waals surface area contributed by atoms with Crippen LogP contribution >= 0.6 is 0 Å². The highest BCUT2D eigenvalue weighted by Gasteiger charge is 2.35. The molecule has 0 saturated carbocycles. The fraction of sp³-hybridized carbons (Fsp3) is 0.647. The van der Waals surface area contributed by atoms with Gasteiger partial charge in [0.1, 0.15) is 0 Å². The van der Waals surface area contributed by atoms with Gasteiger partial charge in [0.05, 0.1) is 0 Å². The van der Waals surface area contributed by atoms with Gasteiger partial charge in [-0.2, -0.15) is 0 Å². The van der Waals surface area contributed by atoms with E-state index in [4.69, 9.17) is 0 Å². The third-order valence-electron chi connectivity index (χ3n) is 4.85. The van der Waals surface area contributed by atoms with Crippen molar-refractivity contribution in [1.82, 2.24) is 10.2 Å². The number of hydrogen-bond donors (Lipinski definition) is 1. The number of rotatable bonds is 4. The molecule has 2 aliphatic rings. The first-order valence-electron chi connectivity index (χ1n) is 7.87. The summed E-state index contributed by atoms with van der Waals surface area (Å²) in [5.41, 5.74) is 1.47. The first-order chi connectivity index (χ1) is 9.34. The van der Waals surface area contributed by atoms with E-state index in [0.717, 1.165) is 12.1 Å². The Bertz CT molecular complexity index is 384. The van der Waals surface area contributed by atoms with Crippen molar-refractivity contribution >= 4 is 0 Å². The van der Waals surface area contributed by atoms with Crippen molar-refractivity contribution in [2.45, 2.75) is 57.2 Å². The van der Waals surface area contributed by atoms with Crippen LogP contribution in [0.5, 0.6) is 0 Å². The van der Waals surface area contributed by atoms with E-state index in [1.165, 1.54) is 50.8 Å². The fourth-order valence-electron chi connectivity index (χ4n) is 3.91. The van der Waals surface area contributed by atoms with Crippen LogP contribution in [0.1, 0.15) is 38.2 Å². The molecule has 2 heteroatoms. The summed E-state index contributed by atoms with van der Waals surface area (Å²) in [7, 11) is 0. The molecule has 2 heterocycles. The Labute approximate surface area is 117 Å². The molecule has 104 valence electrons. The Kier molecular flexibility index (Phi) is 4.19. The molecule has 0 aromatic heterocycles. The molecule has 1 aromatic carbocycles. The van der Waals surface area contributed by atoms with Crippen LogP contribution in [0.4, 0.5) is 0 Å². The standard InChI is InChI=1S/C17H26N2/c1-14(13-15-7-3-2-4-8-15)19-12-6-10-17(19)16-9-5-11-18-16/h2-4,7-8,14,16-18H,5-6,9-13H2,1H3. The zero-order chi connectivity index (χ0) is 13.1. The van der Waals surface area contributed by atoms with Gasteiger partial charge < -0.3 is 5.32 Å². The molecule has 19 heavy (non-hydrogen) atoms. The van der Waals surface area contributed by atoms with Gasteiger partial charge in [0.25, 0.3) is 0 Å². The van der Waals surface area contributed by atoms with Crippen molar-refractivity contribution in [2.75, 3.05) is 13.1 Å². The molecule has 0 spiro atoms. The van der Waals surface area contributed by atoms with Crippen LogP contribution in [0.25, 0.3) is 0 Å². The molecule has 0 bridgehead atoms. The zero-order valence-corrected chi connectivity index (χ0v) is 12.0. The van der Waals surface area contributed by atoms with Crippen LogP contribution < -0.4 is 5.32 Å². The lowest BCUT2D eigenvalue weighted by Gasteiger charge is -2.34. The lowest BCUT2D eigenvalue weighted by Crippen LogP contribution is -2.48. The van der Waals surface area contributed by atoms with Gasteiger partial charge in [0, 0.05) is 18.1 Å². The summed E-state index contributed by atoms with van der Waals surface area (Å²) >= 11 is 0. The van der Waals surface area contributed by atoms with Crippen molar-refractivity contribution in [3.8, 4) is 0 Å². The van der Waals surface area contributed by atoms with Crippen LogP contribution in [0, 0.1) is 0 Å². The first-order valence-corrected chi connectivity index (χ1v) is 7.87. The lowest BCUT2D eigenvalue weighted by molar-refractivity contribution is 0.162. The van der Waals surface area contributed by atoms with Crippen LogP contribution in [0.3, 0.4) is 0 Å². The van der Waals surface area contributed by atoms with Gasteiger partial charge in [0.15, 0.2) is 0 Å². The second-order valence-corrected chi connectivity index (χ2v) is 6.19. The predicted octanol–water partition coefficient (Wildman–Crippen LogP) is 2.83. The summed E-state index contributed by atoms with van der Waals surface area (Å²) in [6, 6.07) is 13.1. The average molecular weight is 258 g/mol. The van der Waals surface area contributed by atoms with Gasteiger partial charge in [-0.05, 0) is 57.7 Å². The predicted molar refractivity (Wildman–Crippen MR) is 80.4 cm³/mol. The minimum atomic E-state index is 0.664. The lowest BCUT2D eigenvalue weighted by atomic mass is 10.0. The van der Waals surface area contributed by atoms with E-state index in [1.807, 2.05) is 0 Å². The monoisotopic (exact) mass is 258 g/mol. The zero-order valence-electron chi connectivity index (χ0n) is 12.0. The number of nitrogens with zero attached hydrogens (tertiary/aromatic N) is 1. The van der Waals surface area contributed by atoms with Gasteiger partial charge in [-0.1, -0.05) is 30.3 Å². The van der Waals surface area contributed by atoms with E-state index in [0.29, 0.717) is 6.04 Å². The molecule has 2 fully saturated rings. The quantitative estimate of drug-likeness (QED) is 0.893. The van der Waals surface area contributed by atoms with Crippen LogP contribution in [0.15, 0.2) is 30.3 Å². The van der Waals surface area contributed by atoms with Gasteiger partial charge >= 0.3 is 0 Å². The van der Waals surface area contributed by atoms with E-state index >= 15 is 0 Å². The molecule has 0 aliphatic carbocycles. The first kappa shape index (κ1) is 13.1. The summed E-state index contributed by atoms with van der Waals surface area (Å²) in [5.74, 6) is 0. The Morgan fingerprint density at radius 2 is 2.05 bits per heavy atom. The molecule has 3 unspecified atom stereocenters. The maximum Gasteiger partial charge on any atom is 0.0252 e. The highest BCUT2D eigenvalue weighted by molar-refractivity contribution is 5.16. The van der Waals surface area contributed by atoms with Crippen LogP contribution in [-0.2, 0) is 6.42 Å². The van der Waals surface area contributed by atoms with E-state index < -0.39 is 0 Å². The van der Waals surface area contributed by atoms with Crippen molar-refractivity contribution in [2.24, 2.45) is 0 Å². The van der Waals surface area contributed by atoms with Gasteiger partial charge in [-0.25, -0.2) is 0 Å². The number of likely N-dealkylation sites (tertiary alicyclic amines) is 1. The van der Waals surface area contributed by atoms with Crippen LogP contribution in [-0.4, -0.2) is 36.1 Å². The minimum Gasteiger partial charge on any atom is -0.312 e. The summed E-state index contributed by atoms with van der Waals surface area (Å²) < 4.78 is 0. The van der Waals surface area contributed by atoms with E-state index in [-0.39, 0.29) is 0 Å². The number of nitrogens with one attached hydrogen (secondary N) is 1. The smallest absolute Gasteiger partial charge is 0.0252 e. The largest absolute Gasteiger partial charge is 0.312 e. The molecule has 2 aliphatic heterocycles. The molecular formula is C17H26N2. The van der Waals surface area contributed by atoms with E-state index in [2.05, 4.69) is 47.5 Å². The average Bonchev–Trinajstić information content (AvgIpc) is 3.10. The SMILES string of the molecule is CC(Cc1ccccc1)N1CCCC1C1CCCN1. The molecule has 2 saturated heterocycles. The molecule has 0 amide bonds. The molecular weight excluding hydrogens is 232 g/mol. The summed E-state index contributed by atoms with van der Waals surface area (Å²) in [6.45, 7) is 4.92. The topological polar surface area (TPSA) is 15.3 Å². The third kappa shape index (κ3) is 3.01. The van der Waals surface area contributed by atoms with Gasteiger partial charge in [0.2, 0.25) is 0 Å². The number of benzene rings is 1. The molecule has 1 aromatic rings. The van der Waals surface area contributed by atoms with E-state index in [9.17, 15) is 0 Å². The molecule has 3 atom stereocenters. The van der Waals surface area contributed by atoms with Crippen molar-refractivity contribution in [3.05, 3.63) is 35.9 Å². The molecule has 0 radical (unpaired) electrons. The normalized spacial score (nSPS) is 29.7. The fourth-order valence-corrected chi connectivity index (χ4v) is 3.91.